The van der Waals surface area contributed by atoms with Crippen LogP contribution < -0.4 is 0 Å². The Morgan fingerprint density at radius 3 is 2.64 bits per heavy atom. The second-order valence-electron chi connectivity index (χ2n) is 2.34. The fraction of sp³-hybridized carbons (Fsp3) is 0.250. The van der Waals surface area contributed by atoms with Crippen LogP contribution >= 0.6 is 11.6 Å². The van der Waals surface area contributed by atoms with E-state index in [4.69, 9.17) is 16.7 Å². The van der Waals surface area contributed by atoms with Crippen molar-refractivity contribution < 1.29 is 9.50 Å². The van der Waals surface area contributed by atoms with Gasteiger partial charge in [0, 0.05) is 10.6 Å². The van der Waals surface area contributed by atoms with Gasteiger partial charge >= 0.3 is 0 Å². The van der Waals surface area contributed by atoms with Crippen LogP contribution in [0.15, 0.2) is 18.2 Å². The van der Waals surface area contributed by atoms with Crippen LogP contribution in [0.3, 0.4) is 0 Å². The van der Waals surface area contributed by atoms with Gasteiger partial charge in [0.15, 0.2) is 0 Å². The van der Waals surface area contributed by atoms with E-state index in [1.54, 1.807) is 0 Å². The molecule has 0 spiro atoms. The summed E-state index contributed by atoms with van der Waals surface area (Å²) in [6.45, 7) is 1.49. The van der Waals surface area contributed by atoms with E-state index in [0.717, 1.165) is 0 Å². The van der Waals surface area contributed by atoms with E-state index in [2.05, 4.69) is 0 Å². The number of halogens is 2. The largest absolute Gasteiger partial charge is 0.389 e. The topological polar surface area (TPSA) is 20.2 Å². The summed E-state index contributed by atoms with van der Waals surface area (Å²) in [6.07, 6.45) is -0.811. The fourth-order valence-electron chi connectivity index (χ4n) is 0.835. The summed E-state index contributed by atoms with van der Waals surface area (Å²) in [6, 6.07) is 4.11. The summed E-state index contributed by atoms with van der Waals surface area (Å²) in [4.78, 5) is 0. The van der Waals surface area contributed by atoms with Gasteiger partial charge in [0.05, 0.1) is 6.10 Å². The first kappa shape index (κ1) is 8.50. The van der Waals surface area contributed by atoms with E-state index in [9.17, 15) is 4.39 Å². The quantitative estimate of drug-likeness (QED) is 0.694. The summed E-state index contributed by atoms with van der Waals surface area (Å²) in [5.74, 6) is -0.426. The molecule has 1 nitrogen and oxygen atoms in total. The van der Waals surface area contributed by atoms with Crippen molar-refractivity contribution in [3.05, 3.63) is 34.6 Å². The van der Waals surface area contributed by atoms with Crippen molar-refractivity contribution in [1.29, 1.82) is 0 Å². The molecule has 60 valence electrons. The molecule has 1 rings (SSSR count). The van der Waals surface area contributed by atoms with Crippen LogP contribution in [0.25, 0.3) is 0 Å². The van der Waals surface area contributed by atoms with E-state index in [0.29, 0.717) is 5.02 Å². The summed E-state index contributed by atoms with van der Waals surface area (Å²) in [7, 11) is 0. The SMILES string of the molecule is CC(O)c1cc(Cl)ccc1F. The maximum Gasteiger partial charge on any atom is 0.129 e. The van der Waals surface area contributed by atoms with Gasteiger partial charge in [-0.25, -0.2) is 4.39 Å². The van der Waals surface area contributed by atoms with Crippen LogP contribution in [0.5, 0.6) is 0 Å². The van der Waals surface area contributed by atoms with Gasteiger partial charge in [0.1, 0.15) is 5.82 Å². The fourth-order valence-corrected chi connectivity index (χ4v) is 1.02. The molecule has 0 aliphatic heterocycles. The Bertz CT molecular complexity index is 260. The second-order valence-corrected chi connectivity index (χ2v) is 2.78. The van der Waals surface area contributed by atoms with Gasteiger partial charge in [-0.1, -0.05) is 11.6 Å². The number of aliphatic hydroxyl groups is 1. The normalized spacial score (nSPS) is 13.1. The van der Waals surface area contributed by atoms with Crippen LogP contribution in [-0.4, -0.2) is 5.11 Å². The average Bonchev–Trinajstić information content (AvgIpc) is 1.94. The molecule has 1 unspecified atom stereocenters. The van der Waals surface area contributed by atoms with E-state index in [1.165, 1.54) is 25.1 Å². The Kier molecular flexibility index (Phi) is 2.47. The van der Waals surface area contributed by atoms with Gasteiger partial charge in [0.25, 0.3) is 0 Å². The molecule has 0 bridgehead atoms. The maximum absolute atomic E-state index is 12.8. The predicted molar refractivity (Wildman–Crippen MR) is 42.0 cm³/mol. The summed E-state index contributed by atoms with van der Waals surface area (Å²) < 4.78 is 12.8. The molecule has 1 aromatic rings. The Morgan fingerprint density at radius 1 is 1.55 bits per heavy atom. The molecule has 0 amide bonds. The number of hydrogen-bond donors (Lipinski definition) is 1. The van der Waals surface area contributed by atoms with Crippen LogP contribution in [0.2, 0.25) is 5.02 Å². The molecule has 0 aliphatic carbocycles. The molecule has 0 saturated heterocycles. The van der Waals surface area contributed by atoms with Crippen LogP contribution in [0, 0.1) is 5.82 Å². The number of benzene rings is 1. The van der Waals surface area contributed by atoms with Crippen LogP contribution in [0.1, 0.15) is 18.6 Å². The van der Waals surface area contributed by atoms with Gasteiger partial charge in [0.2, 0.25) is 0 Å². The van der Waals surface area contributed by atoms with Crippen molar-refractivity contribution in [3.8, 4) is 0 Å². The summed E-state index contributed by atoms with van der Waals surface area (Å²) in [5.41, 5.74) is 0.234. The first-order valence-corrected chi connectivity index (χ1v) is 3.62. The van der Waals surface area contributed by atoms with Crippen LogP contribution in [-0.2, 0) is 0 Å². The predicted octanol–water partition coefficient (Wildman–Crippen LogP) is 2.53. The smallest absolute Gasteiger partial charge is 0.129 e. The lowest BCUT2D eigenvalue weighted by Crippen LogP contribution is -1.94. The van der Waals surface area contributed by atoms with Crippen molar-refractivity contribution in [1.82, 2.24) is 0 Å². The molecule has 0 heterocycles. The highest BCUT2D eigenvalue weighted by atomic mass is 35.5. The van der Waals surface area contributed by atoms with Crippen LogP contribution in [0.4, 0.5) is 4.39 Å². The molecule has 11 heavy (non-hydrogen) atoms. The Labute approximate surface area is 69.4 Å². The Hall–Kier alpha value is -0.600. The molecular weight excluding hydrogens is 167 g/mol. The minimum atomic E-state index is -0.811. The zero-order valence-electron chi connectivity index (χ0n) is 6.01. The minimum Gasteiger partial charge on any atom is -0.389 e. The molecule has 1 N–H and O–H groups in total. The van der Waals surface area contributed by atoms with Crippen molar-refractivity contribution >= 4 is 11.6 Å². The average molecular weight is 175 g/mol. The molecule has 0 aliphatic rings. The maximum atomic E-state index is 12.8. The monoisotopic (exact) mass is 174 g/mol. The first-order valence-electron chi connectivity index (χ1n) is 3.24. The molecule has 1 aromatic carbocycles. The molecule has 0 saturated carbocycles. The summed E-state index contributed by atoms with van der Waals surface area (Å²) in [5, 5.41) is 9.46. The molecular formula is C8H8ClFO. The first-order chi connectivity index (χ1) is 5.11. The van der Waals surface area contributed by atoms with E-state index in [1.807, 2.05) is 0 Å². The lowest BCUT2D eigenvalue weighted by molar-refractivity contribution is 0.194. The van der Waals surface area contributed by atoms with Gasteiger partial charge in [-0.15, -0.1) is 0 Å². The second kappa shape index (κ2) is 3.20. The van der Waals surface area contributed by atoms with E-state index >= 15 is 0 Å². The highest BCUT2D eigenvalue weighted by Crippen LogP contribution is 2.20. The Morgan fingerprint density at radius 2 is 2.18 bits per heavy atom. The standard InChI is InChI=1S/C8H8ClFO/c1-5(11)7-4-6(9)2-3-8(7)10/h2-5,11H,1H3. The van der Waals surface area contributed by atoms with Gasteiger partial charge in [-0.05, 0) is 25.1 Å². The third kappa shape index (κ3) is 1.91. The number of aliphatic hydroxyl groups excluding tert-OH is 1. The third-order valence-corrected chi connectivity index (χ3v) is 1.64. The molecule has 0 radical (unpaired) electrons. The van der Waals surface area contributed by atoms with E-state index < -0.39 is 11.9 Å². The lowest BCUT2D eigenvalue weighted by atomic mass is 10.1. The Balaban J connectivity index is 3.13. The van der Waals surface area contributed by atoms with Gasteiger partial charge < -0.3 is 5.11 Å². The molecule has 0 aromatic heterocycles. The number of hydrogen-bond acceptors (Lipinski definition) is 1. The molecule has 0 fully saturated rings. The minimum absolute atomic E-state index is 0.234. The molecule has 1 atom stereocenters. The third-order valence-electron chi connectivity index (χ3n) is 1.41. The zero-order chi connectivity index (χ0) is 8.43. The van der Waals surface area contributed by atoms with Gasteiger partial charge in [-0.3, -0.25) is 0 Å². The van der Waals surface area contributed by atoms with Crippen molar-refractivity contribution in [2.75, 3.05) is 0 Å². The van der Waals surface area contributed by atoms with E-state index in [-0.39, 0.29) is 5.56 Å². The van der Waals surface area contributed by atoms with Crippen molar-refractivity contribution in [2.24, 2.45) is 0 Å². The summed E-state index contributed by atoms with van der Waals surface area (Å²) >= 11 is 5.58. The highest BCUT2D eigenvalue weighted by Gasteiger charge is 2.07. The van der Waals surface area contributed by atoms with Crippen molar-refractivity contribution in [3.63, 3.8) is 0 Å². The zero-order valence-corrected chi connectivity index (χ0v) is 6.77. The highest BCUT2D eigenvalue weighted by molar-refractivity contribution is 6.30. The van der Waals surface area contributed by atoms with Gasteiger partial charge in [-0.2, -0.15) is 0 Å². The lowest BCUT2D eigenvalue weighted by Gasteiger charge is -2.05. The number of rotatable bonds is 1. The van der Waals surface area contributed by atoms with Crippen molar-refractivity contribution in [2.45, 2.75) is 13.0 Å². The molecule has 3 heteroatoms.